The monoisotopic (exact) mass is 351 g/mol. The van der Waals surface area contributed by atoms with Gasteiger partial charge in [-0.1, -0.05) is 36.4 Å². The number of H-pyrrole nitrogens is 1. The van der Waals surface area contributed by atoms with Gasteiger partial charge in [0.25, 0.3) is 11.5 Å². The number of carbonyl (C=O) groups is 1. The van der Waals surface area contributed by atoms with Crippen molar-refractivity contribution in [3.05, 3.63) is 99.5 Å². The van der Waals surface area contributed by atoms with Gasteiger partial charge in [0.05, 0.1) is 11.7 Å². The Kier molecular flexibility index (Phi) is 5.22. The van der Waals surface area contributed by atoms with Crippen LogP contribution in [-0.4, -0.2) is 15.9 Å². The quantitative estimate of drug-likeness (QED) is 0.742. The molecular weight excluding hydrogens is 333 g/mol. The van der Waals surface area contributed by atoms with Gasteiger partial charge in [0.1, 0.15) is 11.6 Å². The van der Waals surface area contributed by atoms with Gasteiger partial charge in [0.2, 0.25) is 0 Å². The van der Waals surface area contributed by atoms with E-state index in [0.29, 0.717) is 17.9 Å². The van der Waals surface area contributed by atoms with E-state index < -0.39 is 11.9 Å². The molecule has 0 aliphatic rings. The number of benzene rings is 2. The third kappa shape index (κ3) is 4.42. The van der Waals surface area contributed by atoms with Crippen LogP contribution in [0.3, 0.4) is 0 Å². The molecule has 1 heterocycles. The van der Waals surface area contributed by atoms with Crippen LogP contribution < -0.4 is 10.9 Å². The number of halogens is 1. The number of aromatic nitrogens is 2. The largest absolute Gasteiger partial charge is 0.345 e. The van der Waals surface area contributed by atoms with Crippen molar-refractivity contribution in [3.63, 3.8) is 0 Å². The Morgan fingerprint density at radius 3 is 2.62 bits per heavy atom. The Bertz CT molecular complexity index is 970. The van der Waals surface area contributed by atoms with E-state index in [4.69, 9.17) is 0 Å². The number of carbonyl (C=O) groups excluding carboxylic acids is 1. The minimum Gasteiger partial charge on any atom is -0.345 e. The van der Waals surface area contributed by atoms with Crippen molar-refractivity contribution < 1.29 is 9.18 Å². The number of aromatic amines is 1. The summed E-state index contributed by atoms with van der Waals surface area (Å²) in [6.07, 6.45) is 0.343. The predicted octanol–water partition coefficient (Wildman–Crippen LogP) is 2.93. The summed E-state index contributed by atoms with van der Waals surface area (Å²) in [6.45, 7) is 1.70. The molecule has 0 bridgehead atoms. The average Bonchev–Trinajstić information content (AvgIpc) is 2.61. The normalized spacial score (nSPS) is 11.8. The summed E-state index contributed by atoms with van der Waals surface area (Å²) in [7, 11) is 0. The lowest BCUT2D eigenvalue weighted by Gasteiger charge is -2.19. The Morgan fingerprint density at radius 2 is 1.92 bits per heavy atom. The van der Waals surface area contributed by atoms with Gasteiger partial charge in [0, 0.05) is 18.1 Å². The molecule has 1 amide bonds. The summed E-state index contributed by atoms with van der Waals surface area (Å²) in [5, 5.41) is 2.91. The van der Waals surface area contributed by atoms with Gasteiger partial charge < -0.3 is 10.3 Å². The zero-order chi connectivity index (χ0) is 18.5. The molecule has 0 saturated carbocycles. The fraction of sp³-hybridized carbons (Fsp3) is 0.150. The molecule has 2 N–H and O–H groups in total. The standard InChI is InChI=1S/C20H18FN3O2/c1-13-22-17(12-19(25)23-13)11-18(14-6-3-2-4-7-14)24-20(26)15-8-5-9-16(21)10-15/h2-10,12,18H,11H2,1H3,(H,24,26)(H,22,23,25)/t18-/m1/s1. The van der Waals surface area contributed by atoms with Gasteiger partial charge in [0.15, 0.2) is 0 Å². The van der Waals surface area contributed by atoms with E-state index in [2.05, 4.69) is 15.3 Å². The van der Waals surface area contributed by atoms with Crippen molar-refractivity contribution in [1.29, 1.82) is 0 Å². The fourth-order valence-electron chi connectivity index (χ4n) is 2.76. The summed E-state index contributed by atoms with van der Waals surface area (Å²) in [5.74, 6) is -0.350. The van der Waals surface area contributed by atoms with E-state index in [0.717, 1.165) is 5.56 Å². The molecule has 2 aromatic carbocycles. The lowest BCUT2D eigenvalue weighted by molar-refractivity contribution is 0.0936. The molecule has 0 radical (unpaired) electrons. The first-order valence-corrected chi connectivity index (χ1v) is 8.19. The first-order valence-electron chi connectivity index (χ1n) is 8.19. The third-order valence-corrected chi connectivity index (χ3v) is 3.92. The molecule has 1 atom stereocenters. The number of nitrogens with one attached hydrogen (secondary N) is 2. The zero-order valence-electron chi connectivity index (χ0n) is 14.2. The Morgan fingerprint density at radius 1 is 1.15 bits per heavy atom. The fourth-order valence-corrected chi connectivity index (χ4v) is 2.76. The van der Waals surface area contributed by atoms with Crippen LogP contribution in [0.2, 0.25) is 0 Å². The maximum Gasteiger partial charge on any atom is 0.251 e. The van der Waals surface area contributed by atoms with Gasteiger partial charge in [-0.05, 0) is 30.7 Å². The van der Waals surface area contributed by atoms with E-state index in [9.17, 15) is 14.0 Å². The average molecular weight is 351 g/mol. The highest BCUT2D eigenvalue weighted by atomic mass is 19.1. The Labute approximate surface area is 149 Å². The van der Waals surface area contributed by atoms with Crippen molar-refractivity contribution >= 4 is 5.91 Å². The number of amides is 1. The predicted molar refractivity (Wildman–Crippen MR) is 96.3 cm³/mol. The van der Waals surface area contributed by atoms with Gasteiger partial charge in [-0.15, -0.1) is 0 Å². The molecule has 26 heavy (non-hydrogen) atoms. The molecule has 0 aliphatic heterocycles. The van der Waals surface area contributed by atoms with E-state index >= 15 is 0 Å². The summed E-state index contributed by atoms with van der Waals surface area (Å²) >= 11 is 0. The van der Waals surface area contributed by atoms with Gasteiger partial charge in [-0.3, -0.25) is 9.59 Å². The molecule has 3 aromatic rings. The van der Waals surface area contributed by atoms with Crippen LogP contribution in [0.1, 0.15) is 33.5 Å². The summed E-state index contributed by atoms with van der Waals surface area (Å²) in [5.41, 5.74) is 1.44. The molecule has 0 fully saturated rings. The molecule has 0 aliphatic carbocycles. The minimum atomic E-state index is -0.471. The van der Waals surface area contributed by atoms with Gasteiger partial charge in [-0.25, -0.2) is 9.37 Å². The van der Waals surface area contributed by atoms with E-state index in [1.807, 2.05) is 30.3 Å². The minimum absolute atomic E-state index is 0.237. The molecule has 1 aromatic heterocycles. The van der Waals surface area contributed by atoms with Crippen LogP contribution in [-0.2, 0) is 6.42 Å². The maximum atomic E-state index is 13.4. The Balaban J connectivity index is 1.88. The van der Waals surface area contributed by atoms with Gasteiger partial charge >= 0.3 is 0 Å². The SMILES string of the molecule is Cc1nc(C[C@@H](NC(=O)c2cccc(F)c2)c2ccccc2)cc(=O)[nH]1. The second-order valence-corrected chi connectivity index (χ2v) is 5.97. The van der Waals surface area contributed by atoms with Crippen molar-refractivity contribution in [2.24, 2.45) is 0 Å². The number of hydrogen-bond acceptors (Lipinski definition) is 3. The molecule has 5 nitrogen and oxygen atoms in total. The second-order valence-electron chi connectivity index (χ2n) is 5.97. The smallest absolute Gasteiger partial charge is 0.251 e. The highest BCUT2D eigenvalue weighted by Gasteiger charge is 2.18. The highest BCUT2D eigenvalue weighted by molar-refractivity contribution is 5.94. The number of hydrogen-bond donors (Lipinski definition) is 2. The molecule has 6 heteroatoms. The van der Waals surface area contributed by atoms with Crippen LogP contribution in [0.25, 0.3) is 0 Å². The maximum absolute atomic E-state index is 13.4. The van der Waals surface area contributed by atoms with Crippen LogP contribution in [0.4, 0.5) is 4.39 Å². The summed E-state index contributed by atoms with van der Waals surface area (Å²) < 4.78 is 13.4. The van der Waals surface area contributed by atoms with Crippen LogP contribution in [0, 0.1) is 12.7 Å². The lowest BCUT2D eigenvalue weighted by Crippen LogP contribution is -2.30. The first-order chi connectivity index (χ1) is 12.5. The highest BCUT2D eigenvalue weighted by Crippen LogP contribution is 2.18. The van der Waals surface area contributed by atoms with Crippen molar-refractivity contribution in [2.75, 3.05) is 0 Å². The van der Waals surface area contributed by atoms with E-state index in [-0.39, 0.29) is 17.0 Å². The molecule has 0 saturated heterocycles. The van der Waals surface area contributed by atoms with E-state index in [1.54, 1.807) is 13.0 Å². The zero-order valence-corrected chi connectivity index (χ0v) is 14.2. The van der Waals surface area contributed by atoms with Crippen LogP contribution >= 0.6 is 0 Å². The molecule has 3 rings (SSSR count). The van der Waals surface area contributed by atoms with Gasteiger partial charge in [-0.2, -0.15) is 0 Å². The summed E-state index contributed by atoms with van der Waals surface area (Å²) in [6, 6.07) is 15.9. The first kappa shape index (κ1) is 17.5. The van der Waals surface area contributed by atoms with Crippen LogP contribution in [0.5, 0.6) is 0 Å². The number of rotatable bonds is 5. The van der Waals surface area contributed by atoms with E-state index in [1.165, 1.54) is 24.3 Å². The third-order valence-electron chi connectivity index (χ3n) is 3.92. The second kappa shape index (κ2) is 7.74. The molecular formula is C20H18FN3O2. The number of nitrogens with zero attached hydrogens (tertiary/aromatic N) is 1. The topological polar surface area (TPSA) is 74.8 Å². The lowest BCUT2D eigenvalue weighted by atomic mass is 10.0. The number of aryl methyl sites for hydroxylation is 1. The van der Waals surface area contributed by atoms with Crippen molar-refractivity contribution in [1.82, 2.24) is 15.3 Å². The van der Waals surface area contributed by atoms with Crippen LogP contribution in [0.15, 0.2) is 65.5 Å². The summed E-state index contributed by atoms with van der Waals surface area (Å²) in [4.78, 5) is 31.2. The molecule has 0 spiro atoms. The molecule has 0 unspecified atom stereocenters. The van der Waals surface area contributed by atoms with Crippen molar-refractivity contribution in [3.8, 4) is 0 Å². The van der Waals surface area contributed by atoms with Crippen molar-refractivity contribution in [2.45, 2.75) is 19.4 Å². The molecule has 132 valence electrons. The Hall–Kier alpha value is -3.28.